The molecule has 6 nitrogen and oxygen atoms in total. The van der Waals surface area contributed by atoms with Crippen LogP contribution < -0.4 is 5.32 Å². The summed E-state index contributed by atoms with van der Waals surface area (Å²) in [5.74, 6) is -0.818. The minimum atomic E-state index is -3.82. The van der Waals surface area contributed by atoms with Gasteiger partial charge < -0.3 is 9.72 Å². The quantitative estimate of drug-likeness (QED) is 0.532. The normalized spacial score (nSPS) is 11.5. The number of aromatic nitrogens is 2. The first-order valence-electron chi connectivity index (χ1n) is 9.16. The molecule has 0 unspecified atom stereocenters. The van der Waals surface area contributed by atoms with Crippen molar-refractivity contribution in [3.05, 3.63) is 95.7 Å². The molecular formula is C22H18FN3O3S. The Morgan fingerprint density at radius 1 is 1.07 bits per heavy atom. The van der Waals surface area contributed by atoms with E-state index in [0.29, 0.717) is 11.1 Å². The highest BCUT2D eigenvalue weighted by Crippen LogP contribution is 2.23. The molecule has 2 heterocycles. The van der Waals surface area contributed by atoms with Crippen LogP contribution >= 0.6 is 0 Å². The van der Waals surface area contributed by atoms with E-state index in [-0.39, 0.29) is 22.2 Å². The van der Waals surface area contributed by atoms with Gasteiger partial charge in [0.05, 0.1) is 15.4 Å². The molecule has 1 amide bonds. The maximum absolute atomic E-state index is 13.8. The number of imidazole rings is 1. The lowest BCUT2D eigenvalue weighted by atomic mass is 10.2. The van der Waals surface area contributed by atoms with Crippen LogP contribution in [-0.2, 0) is 16.4 Å². The van der Waals surface area contributed by atoms with Gasteiger partial charge in [0.15, 0.2) is 0 Å². The van der Waals surface area contributed by atoms with E-state index in [2.05, 4.69) is 10.3 Å². The summed E-state index contributed by atoms with van der Waals surface area (Å²) in [4.78, 5) is 16.5. The van der Waals surface area contributed by atoms with E-state index >= 15 is 0 Å². The highest BCUT2D eigenvalue weighted by molar-refractivity contribution is 7.91. The maximum Gasteiger partial charge on any atom is 0.253 e. The number of nitrogens with zero attached hydrogens (tertiary/aromatic N) is 2. The molecule has 4 rings (SSSR count). The second-order valence-corrected chi connectivity index (χ2v) is 8.80. The Morgan fingerprint density at radius 2 is 1.80 bits per heavy atom. The summed E-state index contributed by atoms with van der Waals surface area (Å²) in [6.45, 7) is 1.81. The van der Waals surface area contributed by atoms with Gasteiger partial charge in [0, 0.05) is 25.1 Å². The number of aryl methyl sites for hydroxylation is 1. The number of hydrogen-bond acceptors (Lipinski definition) is 4. The highest BCUT2D eigenvalue weighted by atomic mass is 32.2. The van der Waals surface area contributed by atoms with Crippen LogP contribution in [0.15, 0.2) is 83.0 Å². The van der Waals surface area contributed by atoms with Crippen molar-refractivity contribution in [3.8, 4) is 0 Å². The van der Waals surface area contributed by atoms with Crippen LogP contribution in [0.25, 0.3) is 5.65 Å². The van der Waals surface area contributed by atoms with Crippen LogP contribution in [-0.4, -0.2) is 23.7 Å². The summed E-state index contributed by atoms with van der Waals surface area (Å²) in [7, 11) is -3.82. The second kappa shape index (κ2) is 7.72. The van der Waals surface area contributed by atoms with E-state index < -0.39 is 15.7 Å². The Hall–Kier alpha value is -3.52. The van der Waals surface area contributed by atoms with Crippen LogP contribution in [0, 0.1) is 12.7 Å². The van der Waals surface area contributed by atoms with E-state index in [1.807, 2.05) is 0 Å². The third-order valence-electron chi connectivity index (χ3n) is 4.79. The molecule has 0 atom stereocenters. The van der Waals surface area contributed by atoms with Crippen molar-refractivity contribution in [1.82, 2.24) is 14.7 Å². The third-order valence-corrected chi connectivity index (χ3v) is 6.56. The van der Waals surface area contributed by atoms with E-state index in [1.165, 1.54) is 24.3 Å². The van der Waals surface area contributed by atoms with Crippen LogP contribution in [0.5, 0.6) is 0 Å². The van der Waals surface area contributed by atoms with Gasteiger partial charge in [0.25, 0.3) is 5.91 Å². The van der Waals surface area contributed by atoms with Crippen molar-refractivity contribution >= 4 is 21.4 Å². The number of amides is 1. The molecule has 8 heteroatoms. The summed E-state index contributed by atoms with van der Waals surface area (Å²) in [6, 6.07) is 13.4. The molecule has 0 spiro atoms. The second-order valence-electron chi connectivity index (χ2n) is 6.85. The summed E-state index contributed by atoms with van der Waals surface area (Å²) in [5, 5.41) is 2.80. The Kier molecular flexibility index (Phi) is 5.09. The lowest BCUT2D eigenvalue weighted by Gasteiger charge is -2.09. The number of carbonyl (C=O) groups is 1. The Morgan fingerprint density at radius 3 is 2.53 bits per heavy atom. The first kappa shape index (κ1) is 19.8. The lowest BCUT2D eigenvalue weighted by molar-refractivity contribution is 0.0950. The van der Waals surface area contributed by atoms with Gasteiger partial charge in [0.1, 0.15) is 11.5 Å². The molecule has 0 saturated carbocycles. The van der Waals surface area contributed by atoms with Crippen LogP contribution in [0.1, 0.15) is 21.5 Å². The fraction of sp³-hybridized carbons (Fsp3) is 0.0909. The zero-order valence-corrected chi connectivity index (χ0v) is 16.9. The molecule has 2 aromatic carbocycles. The fourth-order valence-corrected chi connectivity index (χ4v) is 4.27. The van der Waals surface area contributed by atoms with Gasteiger partial charge >= 0.3 is 0 Å². The van der Waals surface area contributed by atoms with Crippen LogP contribution in [0.3, 0.4) is 0 Å². The first-order chi connectivity index (χ1) is 14.3. The van der Waals surface area contributed by atoms with E-state index in [1.54, 1.807) is 54.2 Å². The van der Waals surface area contributed by atoms with Gasteiger partial charge in [-0.3, -0.25) is 4.79 Å². The average molecular weight is 423 g/mol. The van der Waals surface area contributed by atoms with E-state index in [0.717, 1.165) is 17.3 Å². The molecule has 0 radical (unpaired) electrons. The molecule has 0 saturated heterocycles. The predicted molar refractivity (Wildman–Crippen MR) is 109 cm³/mol. The minimum Gasteiger partial charge on any atom is -0.348 e. The van der Waals surface area contributed by atoms with Crippen LogP contribution in [0.2, 0.25) is 0 Å². The summed E-state index contributed by atoms with van der Waals surface area (Å²) < 4.78 is 40.9. The van der Waals surface area contributed by atoms with Crippen LogP contribution in [0.4, 0.5) is 4.39 Å². The van der Waals surface area contributed by atoms with Gasteiger partial charge in [0.2, 0.25) is 9.84 Å². The molecule has 152 valence electrons. The summed E-state index contributed by atoms with van der Waals surface area (Å²) in [5.41, 5.74) is 2.35. The highest BCUT2D eigenvalue weighted by Gasteiger charge is 2.19. The van der Waals surface area contributed by atoms with Crippen molar-refractivity contribution < 1.29 is 17.6 Å². The predicted octanol–water partition coefficient (Wildman–Crippen LogP) is 3.54. The van der Waals surface area contributed by atoms with Crippen molar-refractivity contribution in [1.29, 1.82) is 0 Å². The molecule has 2 aromatic heterocycles. The first-order valence-corrected chi connectivity index (χ1v) is 10.6. The summed E-state index contributed by atoms with van der Waals surface area (Å²) >= 11 is 0. The van der Waals surface area contributed by atoms with Gasteiger partial charge in [-0.15, -0.1) is 0 Å². The van der Waals surface area contributed by atoms with E-state index in [4.69, 9.17) is 0 Å². The van der Waals surface area contributed by atoms with Crippen molar-refractivity contribution in [3.63, 3.8) is 0 Å². The number of carbonyl (C=O) groups excluding carboxylic acids is 1. The molecule has 0 fully saturated rings. The largest absolute Gasteiger partial charge is 0.348 e. The molecule has 30 heavy (non-hydrogen) atoms. The molecule has 0 aliphatic heterocycles. The lowest BCUT2D eigenvalue weighted by Crippen LogP contribution is -2.23. The Labute approximate surface area is 172 Å². The SMILES string of the molecule is Cc1ccc(S(=O)(=O)c2ccc(CNC(=O)c3ccc4nccn4c3)cc2)cc1F. The van der Waals surface area contributed by atoms with Gasteiger partial charge in [-0.1, -0.05) is 18.2 Å². The molecule has 4 aromatic rings. The zero-order chi connectivity index (χ0) is 21.3. The number of fused-ring (bicyclic) bond motifs is 1. The third kappa shape index (κ3) is 3.81. The number of halogens is 1. The monoisotopic (exact) mass is 423 g/mol. The Bertz CT molecular complexity index is 1350. The van der Waals surface area contributed by atoms with Gasteiger partial charge in [-0.05, 0) is 54.4 Å². The standard InChI is InChI=1S/C22H18FN3O3S/c1-15-2-6-19(12-20(15)23)30(28,29)18-7-3-16(4-8-18)13-25-22(27)17-5-9-21-24-10-11-26(21)14-17/h2-12,14H,13H2,1H3,(H,25,27). The number of sulfone groups is 1. The maximum atomic E-state index is 13.8. The van der Waals surface area contributed by atoms with Gasteiger partial charge in [-0.2, -0.15) is 0 Å². The van der Waals surface area contributed by atoms with Gasteiger partial charge in [-0.25, -0.2) is 17.8 Å². The molecule has 0 aliphatic rings. The fourth-order valence-electron chi connectivity index (χ4n) is 3.00. The number of pyridine rings is 1. The van der Waals surface area contributed by atoms with Crippen molar-refractivity contribution in [2.45, 2.75) is 23.3 Å². The minimum absolute atomic E-state index is 0.0615. The molecule has 0 bridgehead atoms. The number of benzene rings is 2. The topological polar surface area (TPSA) is 80.5 Å². The average Bonchev–Trinajstić information content (AvgIpc) is 3.22. The van der Waals surface area contributed by atoms with E-state index in [9.17, 15) is 17.6 Å². The molecule has 0 aliphatic carbocycles. The molecular weight excluding hydrogens is 405 g/mol. The Balaban J connectivity index is 1.46. The summed E-state index contributed by atoms with van der Waals surface area (Å²) in [6.07, 6.45) is 5.09. The smallest absolute Gasteiger partial charge is 0.253 e. The number of hydrogen-bond donors (Lipinski definition) is 1. The number of rotatable bonds is 5. The molecule has 1 N–H and O–H groups in total. The van der Waals surface area contributed by atoms with Crippen molar-refractivity contribution in [2.24, 2.45) is 0 Å². The van der Waals surface area contributed by atoms with Crippen molar-refractivity contribution in [2.75, 3.05) is 0 Å². The zero-order valence-electron chi connectivity index (χ0n) is 16.0. The number of nitrogens with one attached hydrogen (secondary N) is 1.